The molecule has 1 aromatic rings. The van der Waals surface area contributed by atoms with Gasteiger partial charge in [-0.1, -0.05) is 26.0 Å². The zero-order valence-electron chi connectivity index (χ0n) is 23.1. The van der Waals surface area contributed by atoms with Gasteiger partial charge in [0.25, 0.3) is 11.8 Å². The van der Waals surface area contributed by atoms with Crippen molar-refractivity contribution in [3.05, 3.63) is 42.0 Å². The van der Waals surface area contributed by atoms with Crippen molar-refractivity contribution in [1.29, 1.82) is 0 Å². The lowest BCUT2D eigenvalue weighted by atomic mass is 10.0. The van der Waals surface area contributed by atoms with Gasteiger partial charge in [0.2, 0.25) is 17.7 Å². The first-order valence-electron chi connectivity index (χ1n) is 12.7. The summed E-state index contributed by atoms with van der Waals surface area (Å²) in [5, 5.41) is 10.6. The largest absolute Gasteiger partial charge is 0.444 e. The predicted molar refractivity (Wildman–Crippen MR) is 143 cm³/mol. The number of hydrogen-bond acceptors (Lipinski definition) is 7. The summed E-state index contributed by atoms with van der Waals surface area (Å²) in [6, 6.07) is 4.98. The minimum Gasteiger partial charge on any atom is -0.444 e. The van der Waals surface area contributed by atoms with E-state index in [9.17, 15) is 28.8 Å². The summed E-state index contributed by atoms with van der Waals surface area (Å²) in [6.07, 6.45) is 1.58. The highest BCUT2D eigenvalue weighted by Gasteiger charge is 2.28. The van der Waals surface area contributed by atoms with Gasteiger partial charge in [-0.25, -0.2) is 4.79 Å². The fourth-order valence-electron chi connectivity index (χ4n) is 3.46. The summed E-state index contributed by atoms with van der Waals surface area (Å²) < 4.78 is 5.19. The highest BCUT2D eigenvalue weighted by molar-refractivity contribution is 6.13. The number of nitrogens with one attached hydrogen (secondary N) is 4. The molecule has 39 heavy (non-hydrogen) atoms. The zero-order chi connectivity index (χ0) is 29.3. The molecule has 2 atom stereocenters. The summed E-state index contributed by atoms with van der Waals surface area (Å²) in [6.45, 7) is 10.5. The first-order chi connectivity index (χ1) is 18.2. The molecule has 1 aromatic carbocycles. The number of hydrogen-bond donors (Lipinski definition) is 4. The monoisotopic (exact) mass is 543 g/mol. The second kappa shape index (κ2) is 13.5. The molecule has 0 saturated heterocycles. The summed E-state index contributed by atoms with van der Waals surface area (Å²) >= 11 is 0. The summed E-state index contributed by atoms with van der Waals surface area (Å²) in [4.78, 5) is 73.9. The van der Waals surface area contributed by atoms with Crippen LogP contribution in [0.15, 0.2) is 36.4 Å². The molecule has 0 aliphatic carbocycles. The third kappa shape index (κ3) is 10.2. The molecule has 4 N–H and O–H groups in total. The summed E-state index contributed by atoms with van der Waals surface area (Å²) in [5.74, 6) is -2.77. The third-order valence-electron chi connectivity index (χ3n) is 5.54. The van der Waals surface area contributed by atoms with Crippen LogP contribution in [0, 0.1) is 5.92 Å². The Morgan fingerprint density at radius 1 is 0.897 bits per heavy atom. The number of anilines is 1. The van der Waals surface area contributed by atoms with Crippen LogP contribution in [-0.4, -0.2) is 64.8 Å². The van der Waals surface area contributed by atoms with Crippen molar-refractivity contribution in [2.24, 2.45) is 5.92 Å². The van der Waals surface area contributed by atoms with Gasteiger partial charge in [-0.05, 0) is 51.3 Å². The van der Waals surface area contributed by atoms with Crippen LogP contribution in [-0.2, 0) is 35.3 Å². The Balaban J connectivity index is 1.84. The van der Waals surface area contributed by atoms with Gasteiger partial charge in [0.1, 0.15) is 17.7 Å². The fourth-order valence-corrected chi connectivity index (χ4v) is 3.46. The van der Waals surface area contributed by atoms with Gasteiger partial charge in [0.05, 0.1) is 0 Å². The van der Waals surface area contributed by atoms with Gasteiger partial charge in [0.15, 0.2) is 0 Å². The molecule has 0 saturated carbocycles. The molecule has 6 amide bonds. The fraction of sp³-hybridized carbons (Fsp3) is 0.481. The van der Waals surface area contributed by atoms with Gasteiger partial charge in [-0.3, -0.25) is 28.9 Å². The van der Waals surface area contributed by atoms with E-state index in [2.05, 4.69) is 21.3 Å². The summed E-state index contributed by atoms with van der Waals surface area (Å²) in [5.41, 5.74) is 0.696. The molecule has 1 unspecified atom stereocenters. The van der Waals surface area contributed by atoms with Crippen molar-refractivity contribution in [2.45, 2.75) is 72.2 Å². The Kier molecular flexibility index (Phi) is 10.8. The van der Waals surface area contributed by atoms with E-state index in [-0.39, 0.29) is 25.4 Å². The lowest BCUT2D eigenvalue weighted by Gasteiger charge is -2.24. The molecule has 0 spiro atoms. The van der Waals surface area contributed by atoms with Crippen molar-refractivity contribution < 1.29 is 33.5 Å². The second-order valence-electron chi connectivity index (χ2n) is 10.5. The number of imide groups is 1. The highest BCUT2D eigenvalue weighted by atomic mass is 16.6. The van der Waals surface area contributed by atoms with Gasteiger partial charge in [-0.15, -0.1) is 0 Å². The molecule has 212 valence electrons. The number of nitrogens with zero attached hydrogens (tertiary/aromatic N) is 1. The molecule has 0 radical (unpaired) electrons. The molecule has 1 aliphatic rings. The minimum atomic E-state index is -0.924. The van der Waals surface area contributed by atoms with E-state index in [4.69, 9.17) is 4.74 Å². The van der Waals surface area contributed by atoms with E-state index in [0.29, 0.717) is 5.69 Å². The molecule has 12 heteroatoms. The Morgan fingerprint density at radius 2 is 1.49 bits per heavy atom. The number of alkyl carbamates (subject to hydrolysis) is 1. The zero-order valence-corrected chi connectivity index (χ0v) is 23.1. The van der Waals surface area contributed by atoms with Crippen LogP contribution in [0.2, 0.25) is 0 Å². The van der Waals surface area contributed by atoms with Gasteiger partial charge < -0.3 is 26.0 Å². The average molecular weight is 544 g/mol. The molecule has 0 bridgehead atoms. The molecule has 12 nitrogen and oxygen atoms in total. The second-order valence-corrected chi connectivity index (χ2v) is 10.5. The van der Waals surface area contributed by atoms with Gasteiger partial charge in [-0.2, -0.15) is 0 Å². The van der Waals surface area contributed by atoms with Crippen LogP contribution < -0.4 is 21.3 Å². The van der Waals surface area contributed by atoms with E-state index in [1.807, 2.05) is 0 Å². The standard InChI is InChI=1S/C27H37N5O7/c1-16(2)23(31-20(33)13-14-32-21(34)11-12-22(32)35)25(37)29-17(3)24(36)30-19-9-7-18(8-10-19)15-28-26(38)39-27(4,5)6/h7-12,16-17,23H,13-15H2,1-6H3,(H,28,38)(H,29,37)(H,30,36)(H,31,33)/t17-,23?/m0/s1. The number of rotatable bonds is 11. The molecule has 0 fully saturated rings. The van der Waals surface area contributed by atoms with E-state index in [0.717, 1.165) is 22.6 Å². The lowest BCUT2D eigenvalue weighted by molar-refractivity contribution is -0.137. The van der Waals surface area contributed by atoms with E-state index < -0.39 is 53.3 Å². The Hall–Kier alpha value is -4.22. The van der Waals surface area contributed by atoms with Crippen LogP contribution in [0.3, 0.4) is 0 Å². The number of benzene rings is 1. The maximum Gasteiger partial charge on any atom is 0.407 e. The third-order valence-corrected chi connectivity index (χ3v) is 5.54. The topological polar surface area (TPSA) is 163 Å². The maximum absolute atomic E-state index is 12.8. The number of amides is 6. The normalized spacial score (nSPS) is 14.6. The van der Waals surface area contributed by atoms with Gasteiger partial charge in [0, 0.05) is 37.3 Å². The SMILES string of the molecule is CC(C)C(NC(=O)CCN1C(=O)C=CC1=O)C(=O)N[C@@H](C)C(=O)Nc1ccc(CNC(=O)OC(C)(C)C)cc1. The molecule has 2 rings (SSSR count). The van der Waals surface area contributed by atoms with Crippen molar-refractivity contribution in [3.8, 4) is 0 Å². The first kappa shape index (κ1) is 31.0. The van der Waals surface area contributed by atoms with Crippen LogP contribution in [0.5, 0.6) is 0 Å². The van der Waals surface area contributed by atoms with Crippen LogP contribution in [0.25, 0.3) is 0 Å². The average Bonchev–Trinajstić information content (AvgIpc) is 3.16. The Bertz CT molecular complexity index is 1100. The van der Waals surface area contributed by atoms with Crippen molar-refractivity contribution in [1.82, 2.24) is 20.9 Å². The van der Waals surface area contributed by atoms with E-state index in [1.54, 1.807) is 58.9 Å². The minimum absolute atomic E-state index is 0.0996. The predicted octanol–water partition coefficient (Wildman–Crippen LogP) is 1.61. The number of ether oxygens (including phenoxy) is 1. The van der Waals surface area contributed by atoms with Crippen LogP contribution in [0.4, 0.5) is 10.5 Å². The van der Waals surface area contributed by atoms with Crippen molar-refractivity contribution >= 4 is 41.3 Å². The lowest BCUT2D eigenvalue weighted by Crippen LogP contribution is -2.54. The number of carbonyl (C=O) groups excluding carboxylic acids is 6. The van der Waals surface area contributed by atoms with Crippen molar-refractivity contribution in [2.75, 3.05) is 11.9 Å². The van der Waals surface area contributed by atoms with E-state index in [1.165, 1.54) is 6.92 Å². The summed E-state index contributed by atoms with van der Waals surface area (Å²) in [7, 11) is 0. The molecule has 1 aliphatic heterocycles. The molecular formula is C27H37N5O7. The number of carbonyl (C=O) groups is 6. The molecule has 1 heterocycles. The van der Waals surface area contributed by atoms with Gasteiger partial charge >= 0.3 is 6.09 Å². The maximum atomic E-state index is 12.8. The Labute approximate surface area is 227 Å². The molecule has 0 aromatic heterocycles. The quantitative estimate of drug-likeness (QED) is 0.308. The molecular weight excluding hydrogens is 506 g/mol. The smallest absolute Gasteiger partial charge is 0.407 e. The van der Waals surface area contributed by atoms with Crippen LogP contribution >= 0.6 is 0 Å². The van der Waals surface area contributed by atoms with E-state index >= 15 is 0 Å². The highest BCUT2D eigenvalue weighted by Crippen LogP contribution is 2.12. The van der Waals surface area contributed by atoms with Crippen molar-refractivity contribution in [3.63, 3.8) is 0 Å². The Morgan fingerprint density at radius 3 is 2.03 bits per heavy atom. The van der Waals surface area contributed by atoms with Crippen LogP contribution in [0.1, 0.15) is 53.5 Å². The first-order valence-corrected chi connectivity index (χ1v) is 12.7.